The third kappa shape index (κ3) is 5.05. The molecule has 2 fully saturated rings. The molecule has 1 unspecified atom stereocenters. The minimum Gasteiger partial charge on any atom is -0.368 e. The highest BCUT2D eigenvalue weighted by Crippen LogP contribution is 2.37. The first-order chi connectivity index (χ1) is 16.4. The minimum atomic E-state index is -4.12. The molecule has 2 aliphatic rings. The zero-order valence-electron chi connectivity index (χ0n) is 18.6. The molecule has 12 heteroatoms. The molecule has 2 aliphatic heterocycles. The first-order valence-electron chi connectivity index (χ1n) is 11.0. The van der Waals surface area contributed by atoms with Crippen LogP contribution in [0.1, 0.15) is 18.9 Å². The van der Waals surface area contributed by atoms with Crippen LogP contribution in [-0.4, -0.2) is 62.2 Å². The lowest BCUT2D eigenvalue weighted by atomic mass is 9.95. The van der Waals surface area contributed by atoms with Crippen LogP contribution in [0.25, 0.3) is 11.1 Å². The first kappa shape index (κ1) is 25.5. The molecular formula is C23H23F5N2O4S. The van der Waals surface area contributed by atoms with E-state index in [0.29, 0.717) is 6.42 Å². The zero-order valence-corrected chi connectivity index (χ0v) is 19.4. The van der Waals surface area contributed by atoms with Crippen molar-refractivity contribution in [3.8, 4) is 11.1 Å². The van der Waals surface area contributed by atoms with E-state index in [-0.39, 0.29) is 23.3 Å². The van der Waals surface area contributed by atoms with Crippen LogP contribution in [0.15, 0.2) is 36.4 Å². The number of rotatable bonds is 7. The van der Waals surface area contributed by atoms with Gasteiger partial charge in [-0.2, -0.15) is 0 Å². The van der Waals surface area contributed by atoms with E-state index < -0.39 is 76.2 Å². The number of carbonyl (C=O) groups is 1. The van der Waals surface area contributed by atoms with Crippen molar-refractivity contribution in [2.45, 2.75) is 43.9 Å². The van der Waals surface area contributed by atoms with Crippen LogP contribution < -0.4 is 4.72 Å². The quantitative estimate of drug-likeness (QED) is 0.571. The van der Waals surface area contributed by atoms with Crippen LogP contribution >= 0.6 is 0 Å². The third-order valence-electron chi connectivity index (χ3n) is 6.29. The number of benzene rings is 2. The number of nitrogens with zero attached hydrogens (tertiary/aromatic N) is 1. The van der Waals surface area contributed by atoms with Crippen LogP contribution in [0.5, 0.6) is 0 Å². The number of ether oxygens (including phenoxy) is 1. The van der Waals surface area contributed by atoms with Crippen molar-refractivity contribution in [2.75, 3.05) is 18.9 Å². The lowest BCUT2D eigenvalue weighted by Crippen LogP contribution is -2.54. The van der Waals surface area contributed by atoms with E-state index in [1.165, 1.54) is 25.1 Å². The van der Waals surface area contributed by atoms with Gasteiger partial charge in [0, 0.05) is 17.5 Å². The maximum absolute atomic E-state index is 15.5. The van der Waals surface area contributed by atoms with Gasteiger partial charge in [0.2, 0.25) is 10.0 Å². The van der Waals surface area contributed by atoms with Gasteiger partial charge in [0.05, 0.1) is 24.9 Å². The van der Waals surface area contributed by atoms with E-state index in [1.807, 2.05) is 4.72 Å². The van der Waals surface area contributed by atoms with Crippen molar-refractivity contribution in [3.63, 3.8) is 0 Å². The molecule has 1 amide bonds. The fraction of sp³-hybridized carbons (Fsp3) is 0.435. The largest absolute Gasteiger partial charge is 0.368 e. The van der Waals surface area contributed by atoms with E-state index in [0.717, 1.165) is 23.1 Å². The normalized spacial score (nSPS) is 23.8. The molecular weight excluding hydrogens is 495 g/mol. The summed E-state index contributed by atoms with van der Waals surface area (Å²) in [5.74, 6) is -7.54. The Bertz CT molecular complexity index is 1240. The fourth-order valence-corrected chi connectivity index (χ4v) is 5.19. The number of sulfonamides is 1. The minimum absolute atomic E-state index is 0.165. The Morgan fingerprint density at radius 1 is 1.17 bits per heavy atom. The molecule has 0 saturated carbocycles. The highest BCUT2D eigenvalue weighted by Gasteiger charge is 2.58. The maximum Gasteiger partial charge on any atom is 0.283 e. The Labute approximate surface area is 199 Å². The molecule has 2 saturated heterocycles. The molecule has 35 heavy (non-hydrogen) atoms. The van der Waals surface area contributed by atoms with Gasteiger partial charge in [0.25, 0.3) is 11.8 Å². The third-order valence-corrected chi connectivity index (χ3v) is 7.66. The predicted molar refractivity (Wildman–Crippen MR) is 117 cm³/mol. The summed E-state index contributed by atoms with van der Waals surface area (Å²) in [6.45, 7) is 0.479. The van der Waals surface area contributed by atoms with Crippen molar-refractivity contribution in [1.82, 2.24) is 9.62 Å². The number of nitrogens with one attached hydrogen (secondary N) is 1. The maximum atomic E-state index is 15.5. The summed E-state index contributed by atoms with van der Waals surface area (Å²) in [4.78, 5) is 13.7. The number of amides is 1. The molecule has 3 atom stereocenters. The second-order valence-corrected chi connectivity index (χ2v) is 10.6. The molecule has 190 valence electrons. The highest BCUT2D eigenvalue weighted by atomic mass is 32.2. The van der Waals surface area contributed by atoms with E-state index in [2.05, 4.69) is 0 Å². The Kier molecular flexibility index (Phi) is 6.91. The molecule has 4 rings (SSSR count). The molecule has 0 radical (unpaired) electrons. The van der Waals surface area contributed by atoms with Gasteiger partial charge in [-0.1, -0.05) is 18.2 Å². The molecule has 1 N–H and O–H groups in total. The summed E-state index contributed by atoms with van der Waals surface area (Å²) >= 11 is 0. The SMILES string of the molecule is CCS(=O)(=O)N[C@@H]1[C@H](Cc2cccc(-c3cc(F)ccc3F)c2F)N(C(=O)C2CCO2)CC1(F)F. The number of alkyl halides is 2. The van der Waals surface area contributed by atoms with Gasteiger partial charge >= 0.3 is 0 Å². The summed E-state index contributed by atoms with van der Waals surface area (Å²) in [5, 5.41) is 0. The Balaban J connectivity index is 1.74. The molecule has 0 bridgehead atoms. The van der Waals surface area contributed by atoms with E-state index in [9.17, 15) is 22.0 Å². The molecule has 6 nitrogen and oxygen atoms in total. The molecule has 0 aromatic heterocycles. The summed E-state index contributed by atoms with van der Waals surface area (Å²) in [6.07, 6.45) is -1.11. The monoisotopic (exact) mass is 518 g/mol. The lowest BCUT2D eigenvalue weighted by molar-refractivity contribution is -0.158. The number of hydrogen-bond donors (Lipinski definition) is 1. The average Bonchev–Trinajstić information content (AvgIpc) is 3.00. The molecule has 2 aromatic rings. The van der Waals surface area contributed by atoms with Gasteiger partial charge < -0.3 is 9.64 Å². The van der Waals surface area contributed by atoms with Crippen LogP contribution in [0.3, 0.4) is 0 Å². The standard InChI is InChI=1S/C23H23F5N2O4S/c1-2-35(32,33)29-21-18(30(12-23(21,27)28)22(31)19-8-9-34-19)10-13-4-3-5-15(20(13)26)16-11-14(24)6-7-17(16)25/h3-7,11,18-19,21,29H,2,8-10,12H2,1H3/t18-,19?,21+/m0/s1. The molecule has 2 aromatic carbocycles. The summed E-state index contributed by atoms with van der Waals surface area (Å²) in [6, 6.07) is 2.86. The van der Waals surface area contributed by atoms with Crippen molar-refractivity contribution >= 4 is 15.9 Å². The smallest absolute Gasteiger partial charge is 0.283 e. The van der Waals surface area contributed by atoms with Crippen LogP contribution in [-0.2, 0) is 26.0 Å². The Morgan fingerprint density at radius 3 is 2.51 bits per heavy atom. The number of halogens is 5. The number of likely N-dealkylation sites (tertiary alicyclic amines) is 1. The van der Waals surface area contributed by atoms with Gasteiger partial charge in [-0.15, -0.1) is 0 Å². The first-order valence-corrected chi connectivity index (χ1v) is 12.6. The zero-order chi connectivity index (χ0) is 25.5. The Morgan fingerprint density at radius 2 is 1.89 bits per heavy atom. The van der Waals surface area contributed by atoms with Gasteiger partial charge in [0.15, 0.2) is 0 Å². The number of carbonyl (C=O) groups excluding carboxylic acids is 1. The van der Waals surface area contributed by atoms with Gasteiger partial charge in [-0.3, -0.25) is 4.79 Å². The van der Waals surface area contributed by atoms with Gasteiger partial charge in [-0.05, 0) is 37.1 Å². The topological polar surface area (TPSA) is 75.7 Å². The second-order valence-electron chi connectivity index (χ2n) is 8.55. The highest BCUT2D eigenvalue weighted by molar-refractivity contribution is 7.89. The molecule has 0 spiro atoms. The van der Waals surface area contributed by atoms with E-state index >= 15 is 13.2 Å². The van der Waals surface area contributed by atoms with E-state index in [1.54, 1.807) is 0 Å². The summed E-state index contributed by atoms with van der Waals surface area (Å²) < 4.78 is 105. The van der Waals surface area contributed by atoms with Crippen molar-refractivity contribution in [1.29, 1.82) is 0 Å². The van der Waals surface area contributed by atoms with Crippen LogP contribution in [0.2, 0.25) is 0 Å². The van der Waals surface area contributed by atoms with Crippen LogP contribution in [0, 0.1) is 17.5 Å². The fourth-order valence-electron chi connectivity index (χ4n) is 4.31. The molecule has 0 aliphatic carbocycles. The summed E-state index contributed by atoms with van der Waals surface area (Å²) in [5.41, 5.74) is -0.822. The van der Waals surface area contributed by atoms with Crippen molar-refractivity contribution in [3.05, 3.63) is 59.4 Å². The van der Waals surface area contributed by atoms with E-state index in [4.69, 9.17) is 4.74 Å². The predicted octanol–water partition coefficient (Wildman–Crippen LogP) is 3.26. The van der Waals surface area contributed by atoms with Gasteiger partial charge in [0.1, 0.15) is 29.6 Å². The van der Waals surface area contributed by atoms with Crippen molar-refractivity contribution in [2.24, 2.45) is 0 Å². The van der Waals surface area contributed by atoms with Crippen LogP contribution in [0.4, 0.5) is 22.0 Å². The number of hydrogen-bond acceptors (Lipinski definition) is 4. The molecule has 2 heterocycles. The van der Waals surface area contributed by atoms with Crippen molar-refractivity contribution < 1.29 is 39.9 Å². The Hall–Kier alpha value is -2.57. The van der Waals surface area contributed by atoms with Gasteiger partial charge in [-0.25, -0.2) is 35.1 Å². The second kappa shape index (κ2) is 9.47. The average molecular weight is 519 g/mol. The lowest BCUT2D eigenvalue weighted by Gasteiger charge is -2.34. The summed E-state index contributed by atoms with van der Waals surface area (Å²) in [7, 11) is -4.12.